The highest BCUT2D eigenvalue weighted by molar-refractivity contribution is 7.26. The summed E-state index contributed by atoms with van der Waals surface area (Å²) in [4.78, 5) is 10.2. The lowest BCUT2D eigenvalue weighted by molar-refractivity contribution is 1.18. The van der Waals surface area contributed by atoms with Crippen molar-refractivity contribution in [3.05, 3.63) is 182 Å². The van der Waals surface area contributed by atoms with Gasteiger partial charge < -0.3 is 0 Å². The summed E-state index contributed by atoms with van der Waals surface area (Å²) in [5, 5.41) is 2.48. The van der Waals surface area contributed by atoms with Gasteiger partial charge in [-0.2, -0.15) is 0 Å². The van der Waals surface area contributed by atoms with Crippen molar-refractivity contribution in [3.63, 3.8) is 0 Å². The van der Waals surface area contributed by atoms with Crippen LogP contribution in [-0.2, 0) is 0 Å². The zero-order valence-electron chi connectivity index (χ0n) is 26.6. The second kappa shape index (κ2) is 12.5. The molecule has 9 aromatic rings. The van der Waals surface area contributed by atoms with Gasteiger partial charge >= 0.3 is 0 Å². The van der Waals surface area contributed by atoms with Crippen molar-refractivity contribution in [1.82, 2.24) is 9.97 Å². The summed E-state index contributed by atoms with van der Waals surface area (Å²) in [5.74, 6) is 0.727. The second-order valence-electron chi connectivity index (χ2n) is 12.2. The van der Waals surface area contributed by atoms with Crippen molar-refractivity contribution in [2.45, 2.75) is 0 Å². The van der Waals surface area contributed by atoms with Crippen LogP contribution in [0.3, 0.4) is 0 Å². The molecule has 0 radical (unpaired) electrons. The predicted octanol–water partition coefficient (Wildman–Crippen LogP) is 12.8. The first kappa shape index (κ1) is 29.0. The van der Waals surface area contributed by atoms with E-state index in [-0.39, 0.29) is 0 Å². The maximum atomic E-state index is 5.08. The van der Waals surface area contributed by atoms with E-state index in [0.717, 1.165) is 33.9 Å². The van der Waals surface area contributed by atoms with E-state index in [2.05, 4.69) is 170 Å². The molecule has 0 aliphatic heterocycles. The van der Waals surface area contributed by atoms with E-state index < -0.39 is 0 Å². The summed E-state index contributed by atoms with van der Waals surface area (Å²) in [5.41, 5.74) is 12.3. The molecule has 7 aromatic carbocycles. The molecule has 0 saturated carbocycles. The normalized spacial score (nSPS) is 11.3. The van der Waals surface area contributed by atoms with E-state index in [4.69, 9.17) is 9.97 Å². The van der Waals surface area contributed by atoms with Gasteiger partial charge in [-0.25, -0.2) is 9.97 Å². The van der Waals surface area contributed by atoms with Crippen molar-refractivity contribution in [1.29, 1.82) is 0 Å². The first-order valence-electron chi connectivity index (χ1n) is 16.5. The average Bonchev–Trinajstić information content (AvgIpc) is 3.57. The first-order valence-corrected chi connectivity index (χ1v) is 17.3. The molecule has 0 bridgehead atoms. The van der Waals surface area contributed by atoms with E-state index in [1.54, 1.807) is 0 Å². The number of nitrogens with zero attached hydrogens (tertiary/aromatic N) is 2. The van der Waals surface area contributed by atoms with Crippen molar-refractivity contribution >= 4 is 31.5 Å². The maximum Gasteiger partial charge on any atom is 0.160 e. The van der Waals surface area contributed by atoms with Crippen LogP contribution in [0.5, 0.6) is 0 Å². The lowest BCUT2D eigenvalue weighted by atomic mass is 9.97. The number of hydrogen-bond acceptors (Lipinski definition) is 3. The third-order valence-electron chi connectivity index (χ3n) is 9.14. The molecular weight excluding hydrogens is 613 g/mol. The minimum Gasteiger partial charge on any atom is -0.228 e. The van der Waals surface area contributed by atoms with Gasteiger partial charge in [-0.1, -0.05) is 158 Å². The molecule has 230 valence electrons. The molecule has 0 saturated heterocycles. The predicted molar refractivity (Wildman–Crippen MR) is 208 cm³/mol. The Morgan fingerprint density at radius 1 is 0.327 bits per heavy atom. The lowest BCUT2D eigenvalue weighted by Crippen LogP contribution is -1.95. The highest BCUT2D eigenvalue weighted by Gasteiger charge is 2.15. The highest BCUT2D eigenvalue weighted by Crippen LogP contribution is 2.42. The van der Waals surface area contributed by atoms with Crippen LogP contribution >= 0.6 is 11.3 Å². The monoisotopic (exact) mass is 642 g/mol. The molecule has 2 aromatic heterocycles. The summed E-state index contributed by atoms with van der Waals surface area (Å²) in [6.45, 7) is 0. The Balaban J connectivity index is 1.08. The van der Waals surface area contributed by atoms with Crippen LogP contribution in [0.2, 0.25) is 0 Å². The van der Waals surface area contributed by atoms with Crippen LogP contribution in [0, 0.1) is 0 Å². The molecule has 0 aliphatic carbocycles. The molecule has 0 amide bonds. The van der Waals surface area contributed by atoms with E-state index in [9.17, 15) is 0 Å². The van der Waals surface area contributed by atoms with Gasteiger partial charge in [0.1, 0.15) is 0 Å². The van der Waals surface area contributed by atoms with Gasteiger partial charge in [0.2, 0.25) is 0 Å². The Morgan fingerprint density at radius 2 is 0.796 bits per heavy atom. The van der Waals surface area contributed by atoms with Crippen LogP contribution in [0.1, 0.15) is 0 Å². The molecule has 0 unspecified atom stereocenters. The summed E-state index contributed by atoms with van der Waals surface area (Å²) in [6.07, 6.45) is 0. The summed E-state index contributed by atoms with van der Waals surface area (Å²) < 4.78 is 2.54. The molecule has 2 heterocycles. The van der Waals surface area contributed by atoms with Crippen LogP contribution < -0.4 is 0 Å². The molecule has 0 N–H and O–H groups in total. The van der Waals surface area contributed by atoms with E-state index in [1.165, 1.54) is 53.6 Å². The fraction of sp³-hybridized carbons (Fsp3) is 0. The van der Waals surface area contributed by atoms with E-state index >= 15 is 0 Å². The van der Waals surface area contributed by atoms with Crippen LogP contribution in [0.15, 0.2) is 182 Å². The quantitative estimate of drug-likeness (QED) is 0.180. The van der Waals surface area contributed by atoms with E-state index in [1.807, 2.05) is 23.5 Å². The van der Waals surface area contributed by atoms with Gasteiger partial charge in [-0.3, -0.25) is 0 Å². The van der Waals surface area contributed by atoms with Gasteiger partial charge in [-0.05, 0) is 57.6 Å². The van der Waals surface area contributed by atoms with Crippen LogP contribution in [0.25, 0.3) is 87.5 Å². The lowest BCUT2D eigenvalue weighted by Gasteiger charge is -2.09. The molecule has 2 nitrogen and oxygen atoms in total. The van der Waals surface area contributed by atoms with Crippen molar-refractivity contribution < 1.29 is 0 Å². The third kappa shape index (κ3) is 5.61. The Bertz CT molecular complexity index is 2500. The molecule has 0 fully saturated rings. The fourth-order valence-corrected chi connectivity index (χ4v) is 7.80. The van der Waals surface area contributed by atoms with Gasteiger partial charge in [0.05, 0.1) is 11.4 Å². The summed E-state index contributed by atoms with van der Waals surface area (Å²) >= 11 is 1.85. The number of aromatic nitrogens is 2. The standard InChI is InChI=1S/C46H30N2S/c1-4-11-31(12-5-1)32-19-21-33(22-20-32)34-23-25-35(26-24-34)39-17-10-18-40-41-29-38(27-28-44(41)49-45(39)40)46-47-42(36-13-6-2-7-14-36)30-43(48-46)37-15-8-3-9-16-37/h1-30H. The number of fused-ring (bicyclic) bond motifs is 3. The van der Waals surface area contributed by atoms with Crippen molar-refractivity contribution in [3.8, 4) is 67.3 Å². The first-order chi connectivity index (χ1) is 24.3. The van der Waals surface area contributed by atoms with Gasteiger partial charge in [0.25, 0.3) is 0 Å². The number of hydrogen-bond donors (Lipinski definition) is 0. The molecule has 3 heteroatoms. The minimum atomic E-state index is 0.727. The molecular formula is C46H30N2S. The molecule has 9 rings (SSSR count). The summed E-state index contributed by atoms with van der Waals surface area (Å²) in [6, 6.07) is 64.4. The fourth-order valence-electron chi connectivity index (χ4n) is 6.58. The number of thiophene rings is 1. The summed E-state index contributed by atoms with van der Waals surface area (Å²) in [7, 11) is 0. The Hall–Kier alpha value is -6.16. The SMILES string of the molecule is c1ccc(-c2ccc(-c3ccc(-c4cccc5c4sc4ccc(-c6nc(-c7ccccc7)cc(-c7ccccc7)n6)cc45)cc3)cc2)cc1. The largest absolute Gasteiger partial charge is 0.228 e. The average molecular weight is 643 g/mol. The Labute approximate surface area is 289 Å². The molecule has 0 aliphatic rings. The third-order valence-corrected chi connectivity index (χ3v) is 10.4. The molecule has 0 spiro atoms. The topological polar surface area (TPSA) is 25.8 Å². The zero-order chi connectivity index (χ0) is 32.6. The van der Waals surface area contributed by atoms with Gasteiger partial charge in [-0.15, -0.1) is 11.3 Å². The second-order valence-corrected chi connectivity index (χ2v) is 13.3. The van der Waals surface area contributed by atoms with E-state index in [0.29, 0.717) is 0 Å². The number of benzene rings is 7. The number of rotatable bonds is 6. The molecule has 49 heavy (non-hydrogen) atoms. The minimum absolute atomic E-state index is 0.727. The molecule has 0 atom stereocenters. The van der Waals surface area contributed by atoms with Crippen molar-refractivity contribution in [2.24, 2.45) is 0 Å². The smallest absolute Gasteiger partial charge is 0.160 e. The van der Waals surface area contributed by atoms with Gasteiger partial charge in [0.15, 0.2) is 5.82 Å². The Kier molecular flexibility index (Phi) is 7.38. The van der Waals surface area contributed by atoms with Gasteiger partial charge in [0, 0.05) is 36.9 Å². The van der Waals surface area contributed by atoms with Crippen LogP contribution in [0.4, 0.5) is 0 Å². The zero-order valence-corrected chi connectivity index (χ0v) is 27.4. The maximum absolute atomic E-state index is 5.08. The highest BCUT2D eigenvalue weighted by atomic mass is 32.1. The Morgan fingerprint density at radius 3 is 1.35 bits per heavy atom. The van der Waals surface area contributed by atoms with Crippen LogP contribution in [-0.4, -0.2) is 9.97 Å². The van der Waals surface area contributed by atoms with Crippen molar-refractivity contribution in [2.75, 3.05) is 0 Å².